The van der Waals surface area contributed by atoms with E-state index in [4.69, 9.17) is 11.6 Å². The van der Waals surface area contributed by atoms with Crippen molar-refractivity contribution in [1.29, 1.82) is 0 Å². The highest BCUT2D eigenvalue weighted by Crippen LogP contribution is 2.37. The van der Waals surface area contributed by atoms with E-state index in [0.717, 1.165) is 16.5 Å². The minimum Gasteiger partial charge on any atom is -0.330 e. The molecular weight excluding hydrogens is 407 g/mol. The van der Waals surface area contributed by atoms with Gasteiger partial charge in [0, 0.05) is 34.1 Å². The van der Waals surface area contributed by atoms with Gasteiger partial charge in [0.05, 0.1) is 18.1 Å². The van der Waals surface area contributed by atoms with Crippen molar-refractivity contribution in [2.24, 2.45) is 0 Å². The summed E-state index contributed by atoms with van der Waals surface area (Å²) in [4.78, 5) is 24.9. The Morgan fingerprint density at radius 1 is 1.30 bits per heavy atom. The van der Waals surface area contributed by atoms with Crippen LogP contribution in [-0.4, -0.2) is 22.0 Å². The number of nitrogens with one attached hydrogen (secondary N) is 3. The van der Waals surface area contributed by atoms with Crippen molar-refractivity contribution in [3.05, 3.63) is 69.8 Å². The van der Waals surface area contributed by atoms with Gasteiger partial charge in [-0.15, -0.1) is 0 Å². The molecule has 8 heteroatoms. The number of carbonyl (C=O) groups is 2. The maximum absolute atomic E-state index is 14.6. The Labute approximate surface area is 177 Å². The normalized spacial score (nSPS) is 16.7. The summed E-state index contributed by atoms with van der Waals surface area (Å²) < 4.78 is 14.6. The third-order valence-electron chi connectivity index (χ3n) is 5.34. The number of hydrogen-bond acceptors (Lipinski definition) is 3. The number of benzene rings is 2. The molecule has 1 aliphatic rings. The van der Waals surface area contributed by atoms with Crippen LogP contribution < -0.4 is 10.6 Å². The van der Waals surface area contributed by atoms with Crippen LogP contribution in [0.1, 0.15) is 36.8 Å². The van der Waals surface area contributed by atoms with Crippen molar-refractivity contribution < 1.29 is 14.0 Å². The van der Waals surface area contributed by atoms with Crippen LogP contribution >= 0.6 is 11.6 Å². The minimum atomic E-state index is -0.528. The molecule has 154 valence electrons. The van der Waals surface area contributed by atoms with Crippen LogP contribution in [0.15, 0.2) is 47.8 Å². The second kappa shape index (κ2) is 7.91. The van der Waals surface area contributed by atoms with Gasteiger partial charge in [0.2, 0.25) is 11.8 Å². The molecule has 3 aromatic rings. The highest BCUT2D eigenvalue weighted by atomic mass is 35.5. The number of allylic oxidation sites excluding steroid dienone is 1. The fraction of sp³-hybridized carbons (Fsp3) is 0.227. The lowest BCUT2D eigenvalue weighted by Crippen LogP contribution is -2.32. The Bertz CT molecular complexity index is 1200. The van der Waals surface area contributed by atoms with Crippen LogP contribution in [-0.2, 0) is 9.59 Å². The number of anilines is 1. The molecule has 2 amide bonds. The molecule has 1 atom stereocenters. The lowest BCUT2D eigenvalue weighted by atomic mass is 9.82. The highest BCUT2D eigenvalue weighted by Gasteiger charge is 2.30. The fourth-order valence-electron chi connectivity index (χ4n) is 3.93. The minimum absolute atomic E-state index is 0.0291. The summed E-state index contributed by atoms with van der Waals surface area (Å²) in [6.07, 6.45) is 1.79. The number of halogens is 2. The van der Waals surface area contributed by atoms with Crippen molar-refractivity contribution in [2.45, 2.75) is 32.6 Å². The van der Waals surface area contributed by atoms with E-state index in [-0.39, 0.29) is 29.7 Å². The van der Waals surface area contributed by atoms with Gasteiger partial charge in [0.25, 0.3) is 0 Å². The third-order valence-corrected chi connectivity index (χ3v) is 5.57. The zero-order chi connectivity index (χ0) is 21.4. The molecule has 3 N–H and O–H groups in total. The molecule has 0 radical (unpaired) electrons. The predicted molar refractivity (Wildman–Crippen MR) is 114 cm³/mol. The molecule has 2 aromatic carbocycles. The van der Waals surface area contributed by atoms with E-state index in [9.17, 15) is 14.0 Å². The first-order valence-corrected chi connectivity index (χ1v) is 9.87. The van der Waals surface area contributed by atoms with Crippen LogP contribution in [0, 0.1) is 12.7 Å². The van der Waals surface area contributed by atoms with Gasteiger partial charge in [0.15, 0.2) is 0 Å². The number of hydrogen-bond donors (Lipinski definition) is 3. The van der Waals surface area contributed by atoms with Crippen molar-refractivity contribution >= 4 is 40.0 Å². The number of nitrogens with zero attached hydrogens (tertiary/aromatic N) is 1. The largest absolute Gasteiger partial charge is 0.330 e. The van der Waals surface area contributed by atoms with Gasteiger partial charge in [-0.25, -0.2) is 4.39 Å². The van der Waals surface area contributed by atoms with E-state index >= 15 is 0 Å². The molecule has 0 bridgehead atoms. The average molecular weight is 427 g/mol. The number of aromatic nitrogens is 2. The van der Waals surface area contributed by atoms with Crippen LogP contribution in [0.25, 0.3) is 10.9 Å². The van der Waals surface area contributed by atoms with E-state index in [1.807, 2.05) is 19.1 Å². The van der Waals surface area contributed by atoms with Crippen LogP contribution in [0.5, 0.6) is 0 Å². The Morgan fingerprint density at radius 2 is 2.10 bits per heavy atom. The molecular formula is C22H20ClFN4O2. The lowest BCUT2D eigenvalue weighted by Gasteiger charge is -2.28. The first-order chi connectivity index (χ1) is 14.3. The Hall–Kier alpha value is -3.19. The SMILES string of the molecule is CC1=C(CC(=O)Nc2cc(C)c3[nH]ncc3c2)C(c2ccc(Cl)cc2F)CC(=O)N1. The summed E-state index contributed by atoms with van der Waals surface area (Å²) in [5.74, 6) is -1.48. The number of amides is 2. The summed E-state index contributed by atoms with van der Waals surface area (Å²) >= 11 is 5.87. The van der Waals surface area contributed by atoms with Crippen LogP contribution in [0.3, 0.4) is 0 Å². The molecule has 4 rings (SSSR count). The number of rotatable bonds is 4. The van der Waals surface area contributed by atoms with Gasteiger partial charge in [-0.05, 0) is 54.8 Å². The molecule has 0 fully saturated rings. The summed E-state index contributed by atoms with van der Waals surface area (Å²) in [7, 11) is 0. The van der Waals surface area contributed by atoms with Gasteiger partial charge in [0.1, 0.15) is 5.82 Å². The smallest absolute Gasteiger partial charge is 0.228 e. The Kier molecular flexibility index (Phi) is 5.30. The number of aryl methyl sites for hydroxylation is 1. The molecule has 30 heavy (non-hydrogen) atoms. The van der Waals surface area contributed by atoms with E-state index in [1.54, 1.807) is 25.3 Å². The average Bonchev–Trinajstić information content (AvgIpc) is 3.13. The summed E-state index contributed by atoms with van der Waals surface area (Å²) in [5.41, 5.74) is 4.13. The summed E-state index contributed by atoms with van der Waals surface area (Å²) in [6.45, 7) is 3.65. The molecule has 1 unspecified atom stereocenters. The number of H-pyrrole nitrogens is 1. The molecule has 0 spiro atoms. The molecule has 0 saturated heterocycles. The van der Waals surface area contributed by atoms with Crippen molar-refractivity contribution in [2.75, 3.05) is 5.32 Å². The zero-order valence-electron chi connectivity index (χ0n) is 16.5. The zero-order valence-corrected chi connectivity index (χ0v) is 17.2. The molecule has 0 saturated carbocycles. The summed E-state index contributed by atoms with van der Waals surface area (Å²) in [5, 5.41) is 13.8. The molecule has 0 aliphatic carbocycles. The van der Waals surface area contributed by atoms with Crippen LogP contribution in [0.2, 0.25) is 5.02 Å². The Morgan fingerprint density at radius 3 is 2.87 bits per heavy atom. The van der Waals surface area contributed by atoms with Gasteiger partial charge >= 0.3 is 0 Å². The standard InChI is InChI=1S/C22H20ClFN4O2/c1-11-5-15(6-13-10-25-28-22(11)13)27-21(30)8-17-12(2)26-20(29)9-18(17)16-4-3-14(23)7-19(16)24/h3-7,10,18H,8-9H2,1-2H3,(H,25,28)(H,26,29)(H,27,30). The number of fused-ring (bicyclic) bond motifs is 1. The van der Waals surface area contributed by atoms with E-state index in [2.05, 4.69) is 20.8 Å². The predicted octanol–water partition coefficient (Wildman–Crippen LogP) is 4.57. The van der Waals surface area contributed by atoms with E-state index in [1.165, 1.54) is 6.07 Å². The molecule has 6 nitrogen and oxygen atoms in total. The monoisotopic (exact) mass is 426 g/mol. The number of aromatic amines is 1. The highest BCUT2D eigenvalue weighted by molar-refractivity contribution is 6.30. The van der Waals surface area contributed by atoms with Crippen molar-refractivity contribution in [1.82, 2.24) is 15.5 Å². The van der Waals surface area contributed by atoms with Gasteiger partial charge in [-0.3, -0.25) is 14.7 Å². The third kappa shape index (κ3) is 3.93. The molecule has 2 heterocycles. The van der Waals surface area contributed by atoms with E-state index < -0.39 is 11.7 Å². The maximum Gasteiger partial charge on any atom is 0.228 e. The fourth-order valence-corrected chi connectivity index (χ4v) is 4.09. The number of carbonyl (C=O) groups excluding carboxylic acids is 2. The quantitative estimate of drug-likeness (QED) is 0.571. The second-order valence-corrected chi connectivity index (χ2v) is 7.91. The first kappa shape index (κ1) is 20.1. The van der Waals surface area contributed by atoms with Crippen LogP contribution in [0.4, 0.5) is 10.1 Å². The summed E-state index contributed by atoms with van der Waals surface area (Å²) in [6, 6.07) is 8.08. The van der Waals surface area contributed by atoms with Crippen molar-refractivity contribution in [3.8, 4) is 0 Å². The topological polar surface area (TPSA) is 86.9 Å². The maximum atomic E-state index is 14.6. The van der Waals surface area contributed by atoms with E-state index in [0.29, 0.717) is 22.5 Å². The first-order valence-electron chi connectivity index (χ1n) is 9.50. The van der Waals surface area contributed by atoms with Gasteiger partial charge in [-0.1, -0.05) is 17.7 Å². The Balaban J connectivity index is 1.60. The molecule has 1 aromatic heterocycles. The lowest BCUT2D eigenvalue weighted by molar-refractivity contribution is -0.121. The molecule has 1 aliphatic heterocycles. The second-order valence-electron chi connectivity index (χ2n) is 7.47. The van der Waals surface area contributed by atoms with Gasteiger partial charge < -0.3 is 10.6 Å². The van der Waals surface area contributed by atoms with Gasteiger partial charge in [-0.2, -0.15) is 5.10 Å². The van der Waals surface area contributed by atoms with Crippen molar-refractivity contribution in [3.63, 3.8) is 0 Å².